The summed E-state index contributed by atoms with van der Waals surface area (Å²) in [6, 6.07) is 21.3. The van der Waals surface area contributed by atoms with Gasteiger partial charge in [0.25, 0.3) is 5.91 Å². The van der Waals surface area contributed by atoms with Crippen molar-refractivity contribution in [2.75, 3.05) is 36.9 Å². The van der Waals surface area contributed by atoms with Gasteiger partial charge in [-0.1, -0.05) is 43.6 Å². The van der Waals surface area contributed by atoms with E-state index in [1.807, 2.05) is 30.3 Å². The number of amides is 1. The predicted octanol–water partition coefficient (Wildman–Crippen LogP) is 5.85. The fourth-order valence-corrected chi connectivity index (χ4v) is 4.81. The highest BCUT2D eigenvalue weighted by Gasteiger charge is 2.16. The molecular weight excluding hydrogens is 566 g/mol. The van der Waals surface area contributed by atoms with Crippen LogP contribution < -0.4 is 21.1 Å². The van der Waals surface area contributed by atoms with Gasteiger partial charge in [0.1, 0.15) is 12.4 Å². The van der Waals surface area contributed by atoms with E-state index in [0.717, 1.165) is 31.1 Å². The summed E-state index contributed by atoms with van der Waals surface area (Å²) in [6.07, 6.45) is 1.61. The van der Waals surface area contributed by atoms with Crippen molar-refractivity contribution in [2.24, 2.45) is 0 Å². The molecule has 0 aliphatic heterocycles. The number of rotatable bonds is 11. The van der Waals surface area contributed by atoms with Gasteiger partial charge in [-0.15, -0.1) is 0 Å². The molecule has 0 aliphatic rings. The summed E-state index contributed by atoms with van der Waals surface area (Å²) in [5.41, 5.74) is 2.38. The van der Waals surface area contributed by atoms with Gasteiger partial charge in [0.05, 0.1) is 16.1 Å². The third-order valence-corrected chi connectivity index (χ3v) is 7.37. The van der Waals surface area contributed by atoms with E-state index in [0.29, 0.717) is 45.6 Å². The first kappa shape index (κ1) is 29.7. The number of carbonyl (C=O) groups excluding carboxylic acids is 1. The maximum absolute atomic E-state index is 13.2. The molecule has 2 heterocycles. The second-order valence-corrected chi connectivity index (χ2v) is 10.2. The van der Waals surface area contributed by atoms with Gasteiger partial charge in [0.2, 0.25) is 5.95 Å². The molecule has 0 atom stereocenters. The van der Waals surface area contributed by atoms with Crippen molar-refractivity contribution >= 4 is 45.9 Å². The number of likely N-dealkylation sites (N-methyl/N-ethyl adjacent to an activating group) is 1. The van der Waals surface area contributed by atoms with Crippen LogP contribution in [0, 0.1) is 6.92 Å². The van der Waals surface area contributed by atoms with E-state index in [9.17, 15) is 9.59 Å². The normalized spacial score (nSPS) is 11.1. The maximum Gasteiger partial charge on any atom is 0.354 e. The van der Waals surface area contributed by atoms with Crippen LogP contribution in [0.3, 0.4) is 0 Å². The molecule has 0 aliphatic carbocycles. The summed E-state index contributed by atoms with van der Waals surface area (Å²) in [5.74, 6) is 0.799. The van der Waals surface area contributed by atoms with Crippen LogP contribution in [0.1, 0.15) is 29.9 Å². The van der Waals surface area contributed by atoms with Crippen LogP contribution in [-0.4, -0.2) is 56.6 Å². The van der Waals surface area contributed by atoms with Crippen LogP contribution in [0.4, 0.5) is 17.3 Å². The first-order valence-electron chi connectivity index (χ1n) is 14.0. The number of benzene rings is 3. The quantitative estimate of drug-likeness (QED) is 0.195. The average Bonchev–Trinajstić information content (AvgIpc) is 3.02. The Bertz CT molecular complexity index is 1790. The Morgan fingerprint density at radius 3 is 2.42 bits per heavy atom. The summed E-state index contributed by atoms with van der Waals surface area (Å²) >= 11 is 6.51. The molecule has 3 aromatic carbocycles. The standard InChI is InChI=1S/C32H32ClN7O3/c1-4-39(5-2)17-18-43-25-14-11-23(12-15-25)36-31-34-20-26-21(3)40(32(42)38-29(26)37-31)28-19-24(13-16-27(28)33)35-30(41)22-9-7-6-8-10-22/h6-16,19-20H,4-5,17-18H2,1-3H3,(H,35,41)(H,36,37,38,42). The summed E-state index contributed by atoms with van der Waals surface area (Å²) in [7, 11) is 0. The van der Waals surface area contributed by atoms with Crippen LogP contribution in [0.25, 0.3) is 16.7 Å². The van der Waals surface area contributed by atoms with Gasteiger partial charge in [-0.05, 0) is 74.6 Å². The number of nitrogens with one attached hydrogen (secondary N) is 2. The van der Waals surface area contributed by atoms with Crippen LogP contribution in [0.2, 0.25) is 5.02 Å². The molecule has 2 aromatic heterocycles. The number of carbonyl (C=O) groups is 1. The van der Waals surface area contributed by atoms with E-state index in [4.69, 9.17) is 16.3 Å². The minimum Gasteiger partial charge on any atom is -0.492 e. The van der Waals surface area contributed by atoms with E-state index in [1.165, 1.54) is 4.57 Å². The topological polar surface area (TPSA) is 114 Å². The molecule has 0 fully saturated rings. The lowest BCUT2D eigenvalue weighted by Crippen LogP contribution is -2.27. The minimum atomic E-state index is -0.561. The molecule has 11 heteroatoms. The maximum atomic E-state index is 13.2. The Morgan fingerprint density at radius 2 is 1.70 bits per heavy atom. The molecule has 2 N–H and O–H groups in total. The van der Waals surface area contributed by atoms with Crippen molar-refractivity contribution < 1.29 is 9.53 Å². The number of nitrogens with zero attached hydrogens (tertiary/aromatic N) is 5. The molecule has 1 amide bonds. The molecule has 43 heavy (non-hydrogen) atoms. The molecule has 0 saturated heterocycles. The molecule has 0 saturated carbocycles. The highest BCUT2D eigenvalue weighted by Crippen LogP contribution is 2.27. The Morgan fingerprint density at radius 1 is 0.977 bits per heavy atom. The van der Waals surface area contributed by atoms with Gasteiger partial charge in [-0.25, -0.2) is 9.78 Å². The van der Waals surface area contributed by atoms with E-state index in [2.05, 4.69) is 44.3 Å². The lowest BCUT2D eigenvalue weighted by Gasteiger charge is -2.18. The Balaban J connectivity index is 1.34. The van der Waals surface area contributed by atoms with Crippen molar-refractivity contribution in [2.45, 2.75) is 20.8 Å². The highest BCUT2D eigenvalue weighted by atomic mass is 35.5. The van der Waals surface area contributed by atoms with Crippen molar-refractivity contribution in [3.63, 3.8) is 0 Å². The van der Waals surface area contributed by atoms with E-state index in [-0.39, 0.29) is 11.6 Å². The SMILES string of the molecule is CCN(CC)CCOc1ccc(Nc2ncc3c(C)n(-c4cc(NC(=O)c5ccccc5)ccc4Cl)c(=O)nc3n2)cc1. The average molecular weight is 598 g/mol. The Kier molecular flexibility index (Phi) is 9.29. The van der Waals surface area contributed by atoms with Crippen LogP contribution in [-0.2, 0) is 0 Å². The van der Waals surface area contributed by atoms with Gasteiger partial charge < -0.3 is 20.3 Å². The molecule has 0 spiro atoms. The third kappa shape index (κ3) is 6.99. The molecule has 0 bridgehead atoms. The lowest BCUT2D eigenvalue weighted by atomic mass is 10.2. The third-order valence-electron chi connectivity index (χ3n) is 7.05. The van der Waals surface area contributed by atoms with Gasteiger partial charge in [-0.3, -0.25) is 9.36 Å². The number of anilines is 3. The van der Waals surface area contributed by atoms with Gasteiger partial charge in [0.15, 0.2) is 5.65 Å². The molecule has 10 nitrogen and oxygen atoms in total. The van der Waals surface area contributed by atoms with Crippen LogP contribution in [0.5, 0.6) is 5.75 Å². The molecule has 220 valence electrons. The van der Waals surface area contributed by atoms with Gasteiger partial charge in [-0.2, -0.15) is 9.97 Å². The van der Waals surface area contributed by atoms with E-state index < -0.39 is 5.69 Å². The first-order chi connectivity index (χ1) is 20.9. The number of hydrogen-bond acceptors (Lipinski definition) is 8. The van der Waals surface area contributed by atoms with E-state index >= 15 is 0 Å². The van der Waals surface area contributed by atoms with Gasteiger partial charge in [0, 0.05) is 35.4 Å². The summed E-state index contributed by atoms with van der Waals surface area (Å²) < 4.78 is 7.24. The van der Waals surface area contributed by atoms with Crippen LogP contribution in [0.15, 0.2) is 83.8 Å². The van der Waals surface area contributed by atoms with E-state index in [1.54, 1.807) is 55.6 Å². The van der Waals surface area contributed by atoms with Crippen molar-refractivity contribution in [1.29, 1.82) is 0 Å². The zero-order chi connectivity index (χ0) is 30.3. The number of hydrogen-bond donors (Lipinski definition) is 2. The minimum absolute atomic E-state index is 0.247. The second kappa shape index (κ2) is 13.5. The summed E-state index contributed by atoms with van der Waals surface area (Å²) in [6.45, 7) is 9.51. The first-order valence-corrected chi connectivity index (χ1v) is 14.4. The lowest BCUT2D eigenvalue weighted by molar-refractivity contribution is 0.102. The predicted molar refractivity (Wildman–Crippen MR) is 170 cm³/mol. The van der Waals surface area contributed by atoms with Gasteiger partial charge >= 0.3 is 5.69 Å². The molecule has 5 rings (SSSR count). The zero-order valence-electron chi connectivity index (χ0n) is 24.2. The van der Waals surface area contributed by atoms with Crippen LogP contribution >= 0.6 is 11.6 Å². The Hall–Kier alpha value is -4.80. The number of aromatic nitrogens is 4. The number of fused-ring (bicyclic) bond motifs is 1. The second-order valence-electron chi connectivity index (χ2n) is 9.76. The number of aryl methyl sites for hydroxylation is 1. The summed E-state index contributed by atoms with van der Waals surface area (Å²) in [4.78, 5) is 41.3. The monoisotopic (exact) mass is 597 g/mol. The molecular formula is C32H32ClN7O3. The smallest absolute Gasteiger partial charge is 0.354 e. The molecule has 0 unspecified atom stereocenters. The molecule has 0 radical (unpaired) electrons. The van der Waals surface area contributed by atoms with Crippen molar-refractivity contribution in [3.05, 3.63) is 106 Å². The fourth-order valence-electron chi connectivity index (χ4n) is 4.61. The Labute approximate surface area is 254 Å². The zero-order valence-corrected chi connectivity index (χ0v) is 24.9. The number of halogens is 1. The summed E-state index contributed by atoms with van der Waals surface area (Å²) in [5, 5.41) is 6.91. The molecule has 5 aromatic rings. The van der Waals surface area contributed by atoms with Crippen molar-refractivity contribution in [1.82, 2.24) is 24.4 Å². The fraction of sp³-hybridized carbons (Fsp3) is 0.219. The van der Waals surface area contributed by atoms with Crippen molar-refractivity contribution in [3.8, 4) is 11.4 Å². The highest BCUT2D eigenvalue weighted by molar-refractivity contribution is 6.32. The largest absolute Gasteiger partial charge is 0.492 e. The number of ether oxygens (including phenoxy) is 1.